The average Bonchev–Trinajstić information content (AvgIpc) is 3.45. The Balaban J connectivity index is 2.03. The fourth-order valence-electron chi connectivity index (χ4n) is 3.47. The van der Waals surface area contributed by atoms with E-state index in [4.69, 9.17) is 16.7 Å². The Morgan fingerprint density at radius 1 is 1.32 bits per heavy atom. The minimum absolute atomic E-state index is 0.0302. The second-order valence-electron chi connectivity index (χ2n) is 7.18. The van der Waals surface area contributed by atoms with Crippen LogP contribution in [0.5, 0.6) is 0 Å². The molecule has 0 aliphatic heterocycles. The predicted octanol–water partition coefficient (Wildman–Crippen LogP) is 1.52. The Bertz CT molecular complexity index is 1070. The summed E-state index contributed by atoms with van der Waals surface area (Å²) in [6.45, 7) is 1.32. The van der Waals surface area contributed by atoms with E-state index < -0.39 is 47.2 Å². The summed E-state index contributed by atoms with van der Waals surface area (Å²) in [5, 5.41) is 13.2. The highest BCUT2D eigenvalue weighted by molar-refractivity contribution is 6.01. The number of rotatable bonds is 6. The van der Waals surface area contributed by atoms with Crippen molar-refractivity contribution in [2.24, 2.45) is 17.4 Å². The predicted molar refractivity (Wildman–Crippen MR) is 102 cm³/mol. The van der Waals surface area contributed by atoms with Crippen LogP contribution in [-0.2, 0) is 5.54 Å². The summed E-state index contributed by atoms with van der Waals surface area (Å²) in [4.78, 5) is 31.4. The summed E-state index contributed by atoms with van der Waals surface area (Å²) >= 11 is 0. The number of carbonyl (C=O) groups is 2. The highest BCUT2D eigenvalue weighted by Crippen LogP contribution is 2.49. The number of nitriles is 1. The number of hydrogen-bond donors (Lipinski definition) is 4. The van der Waals surface area contributed by atoms with E-state index in [2.05, 4.69) is 15.3 Å². The number of aryl methyl sites for hydroxylation is 1. The second-order valence-corrected chi connectivity index (χ2v) is 7.18. The van der Waals surface area contributed by atoms with Gasteiger partial charge in [0.05, 0.1) is 5.56 Å². The molecule has 12 heteroatoms. The quantitative estimate of drug-likeness (QED) is 0.540. The van der Waals surface area contributed by atoms with E-state index in [1.807, 2.05) is 5.32 Å². The van der Waals surface area contributed by atoms with Crippen molar-refractivity contribution in [3.63, 3.8) is 0 Å². The van der Waals surface area contributed by atoms with Crippen LogP contribution >= 0.6 is 0 Å². The third kappa shape index (κ3) is 4.13. The molecular formula is C19H18F3N7O2. The topological polar surface area (TPSA) is 160 Å². The molecule has 3 rings (SSSR count). The molecule has 1 aromatic heterocycles. The van der Waals surface area contributed by atoms with Gasteiger partial charge in [0.15, 0.2) is 0 Å². The van der Waals surface area contributed by atoms with Crippen LogP contribution in [0.1, 0.15) is 33.7 Å². The van der Waals surface area contributed by atoms with Crippen molar-refractivity contribution in [2.45, 2.75) is 31.4 Å². The van der Waals surface area contributed by atoms with Crippen LogP contribution in [0, 0.1) is 30.0 Å². The third-order valence-electron chi connectivity index (χ3n) is 5.04. The second kappa shape index (κ2) is 8.19. The Morgan fingerprint density at radius 2 is 1.94 bits per heavy atom. The van der Waals surface area contributed by atoms with Gasteiger partial charge in [-0.15, -0.1) is 0 Å². The van der Waals surface area contributed by atoms with Crippen molar-refractivity contribution < 1.29 is 22.8 Å². The SMILES string of the molecule is Cc1cc(NC(=O)c2ncc(C#N)cn2)cc([C@](NC(N)=O)(C(F)F)[C@H]2C[C@H]2N)c1F. The molecule has 162 valence electrons. The van der Waals surface area contributed by atoms with Crippen LogP contribution in [-0.4, -0.2) is 34.4 Å². The summed E-state index contributed by atoms with van der Waals surface area (Å²) in [6.07, 6.45) is -0.842. The first-order valence-corrected chi connectivity index (χ1v) is 9.05. The smallest absolute Gasteiger partial charge is 0.313 e. The molecular weight excluding hydrogens is 415 g/mol. The average molecular weight is 433 g/mol. The van der Waals surface area contributed by atoms with Crippen LogP contribution in [0.25, 0.3) is 0 Å². The Hall–Kier alpha value is -3.72. The fraction of sp³-hybridized carbons (Fsp3) is 0.316. The number of urea groups is 1. The van der Waals surface area contributed by atoms with Gasteiger partial charge in [0.1, 0.15) is 17.4 Å². The largest absolute Gasteiger partial charge is 0.352 e. The first-order valence-electron chi connectivity index (χ1n) is 9.05. The lowest BCUT2D eigenvalue weighted by Crippen LogP contribution is -2.56. The van der Waals surface area contributed by atoms with E-state index in [9.17, 15) is 18.4 Å². The standard InChI is InChI=1S/C19H18F3N7O2/c1-8-2-10(28-16(30)15-26-6-9(5-23)7-27-15)3-12(14(8)20)19(17(21)22,29-18(25)31)11-4-13(11)24/h2-3,6-7,11,13,17H,4,24H2,1H3,(H,28,30)(H3,25,29,31)/t11-,13+,19-/m0/s1. The zero-order valence-electron chi connectivity index (χ0n) is 16.2. The Morgan fingerprint density at radius 3 is 2.42 bits per heavy atom. The van der Waals surface area contributed by atoms with Crippen LogP contribution < -0.4 is 22.1 Å². The van der Waals surface area contributed by atoms with E-state index in [-0.39, 0.29) is 29.1 Å². The minimum Gasteiger partial charge on any atom is -0.352 e. The molecule has 1 saturated carbocycles. The van der Waals surface area contributed by atoms with Gasteiger partial charge in [-0.05, 0) is 31.0 Å². The molecule has 3 atom stereocenters. The molecule has 0 spiro atoms. The molecule has 0 unspecified atom stereocenters. The number of hydrogen-bond acceptors (Lipinski definition) is 6. The number of aromatic nitrogens is 2. The molecule has 1 aliphatic rings. The molecule has 1 aliphatic carbocycles. The maximum atomic E-state index is 15.0. The van der Waals surface area contributed by atoms with Crippen molar-refractivity contribution >= 4 is 17.6 Å². The summed E-state index contributed by atoms with van der Waals surface area (Å²) in [6, 6.07) is 2.07. The lowest BCUT2D eigenvalue weighted by atomic mass is 9.83. The summed E-state index contributed by atoms with van der Waals surface area (Å²) in [5.41, 5.74) is 7.90. The van der Waals surface area contributed by atoms with Gasteiger partial charge in [-0.1, -0.05) is 0 Å². The summed E-state index contributed by atoms with van der Waals surface area (Å²) < 4.78 is 43.6. The van der Waals surface area contributed by atoms with E-state index in [0.717, 1.165) is 18.5 Å². The van der Waals surface area contributed by atoms with E-state index in [1.165, 1.54) is 13.0 Å². The molecule has 2 aromatic rings. The zero-order valence-corrected chi connectivity index (χ0v) is 16.2. The third-order valence-corrected chi connectivity index (χ3v) is 5.04. The van der Waals surface area contributed by atoms with Gasteiger partial charge in [-0.25, -0.2) is 27.9 Å². The fourth-order valence-corrected chi connectivity index (χ4v) is 3.47. The first-order chi connectivity index (χ1) is 14.6. The zero-order chi connectivity index (χ0) is 22.9. The molecule has 6 N–H and O–H groups in total. The highest BCUT2D eigenvalue weighted by atomic mass is 19.3. The number of benzene rings is 1. The van der Waals surface area contributed by atoms with Gasteiger partial charge in [-0.3, -0.25) is 4.79 Å². The summed E-state index contributed by atoms with van der Waals surface area (Å²) in [7, 11) is 0. The molecule has 9 nitrogen and oxygen atoms in total. The number of halogens is 3. The van der Waals surface area contributed by atoms with Crippen molar-refractivity contribution in [3.05, 3.63) is 52.9 Å². The molecule has 3 amide bonds. The van der Waals surface area contributed by atoms with Crippen molar-refractivity contribution in [1.82, 2.24) is 15.3 Å². The number of alkyl halides is 2. The first kappa shape index (κ1) is 22.0. The van der Waals surface area contributed by atoms with Crippen LogP contribution in [0.2, 0.25) is 0 Å². The lowest BCUT2D eigenvalue weighted by Gasteiger charge is -2.35. The van der Waals surface area contributed by atoms with Gasteiger partial charge in [0.25, 0.3) is 12.3 Å². The van der Waals surface area contributed by atoms with Gasteiger partial charge in [0, 0.05) is 35.6 Å². The molecule has 0 radical (unpaired) electrons. The molecule has 1 heterocycles. The van der Waals surface area contributed by atoms with E-state index in [0.29, 0.717) is 0 Å². The van der Waals surface area contributed by atoms with Crippen molar-refractivity contribution in [3.8, 4) is 6.07 Å². The van der Waals surface area contributed by atoms with Gasteiger partial charge in [0.2, 0.25) is 5.82 Å². The van der Waals surface area contributed by atoms with Crippen LogP contribution in [0.15, 0.2) is 24.5 Å². The number of amides is 3. The van der Waals surface area contributed by atoms with Gasteiger partial charge < -0.3 is 22.1 Å². The van der Waals surface area contributed by atoms with E-state index >= 15 is 4.39 Å². The number of anilines is 1. The van der Waals surface area contributed by atoms with Gasteiger partial charge >= 0.3 is 6.03 Å². The van der Waals surface area contributed by atoms with Crippen molar-refractivity contribution in [2.75, 3.05) is 5.32 Å². The normalized spacial score (nSPS) is 19.3. The molecule has 0 bridgehead atoms. The summed E-state index contributed by atoms with van der Waals surface area (Å²) in [5.74, 6) is -3.04. The van der Waals surface area contributed by atoms with Gasteiger partial charge in [-0.2, -0.15) is 5.26 Å². The molecule has 1 aromatic carbocycles. The molecule has 0 saturated heterocycles. The van der Waals surface area contributed by atoms with Crippen LogP contribution in [0.4, 0.5) is 23.7 Å². The Labute approximate surface area is 174 Å². The van der Waals surface area contributed by atoms with E-state index in [1.54, 1.807) is 6.07 Å². The number of carbonyl (C=O) groups excluding carboxylic acids is 2. The minimum atomic E-state index is -3.24. The maximum absolute atomic E-state index is 15.0. The number of primary amides is 1. The van der Waals surface area contributed by atoms with Crippen LogP contribution in [0.3, 0.4) is 0 Å². The Kier molecular flexibility index (Phi) is 5.81. The molecule has 31 heavy (non-hydrogen) atoms. The number of nitrogens with zero attached hydrogens (tertiary/aromatic N) is 3. The number of nitrogens with one attached hydrogen (secondary N) is 2. The lowest BCUT2D eigenvalue weighted by molar-refractivity contribution is 0.0170. The van der Waals surface area contributed by atoms with Crippen molar-refractivity contribution in [1.29, 1.82) is 5.26 Å². The highest BCUT2D eigenvalue weighted by Gasteiger charge is 2.59. The molecule has 1 fully saturated rings. The maximum Gasteiger partial charge on any atom is 0.313 e. The number of nitrogens with two attached hydrogens (primary N) is 2. The monoisotopic (exact) mass is 433 g/mol.